The van der Waals surface area contributed by atoms with Crippen LogP contribution in [0.25, 0.3) is 0 Å². The standard InChI is InChI=1S/C14H20N4O4S2/c1-4-8-11(12(19)21-5-2)9(16-13(20)15-8)6-24-14-18-17-10(22-14)7-23-3/h8H,4-7H2,1-3H3,(H2,15,16,20). The molecular formula is C14H20N4O4S2. The second-order valence-corrected chi connectivity index (χ2v) is 6.65. The highest BCUT2D eigenvalue weighted by Crippen LogP contribution is 2.24. The maximum Gasteiger partial charge on any atom is 0.337 e. The number of hydrogen-bond donors (Lipinski definition) is 2. The summed E-state index contributed by atoms with van der Waals surface area (Å²) in [6.45, 7) is 3.91. The predicted molar refractivity (Wildman–Crippen MR) is 91.6 cm³/mol. The van der Waals surface area contributed by atoms with Crippen LogP contribution in [0.2, 0.25) is 0 Å². The monoisotopic (exact) mass is 372 g/mol. The number of esters is 1. The molecule has 2 N–H and O–H groups in total. The number of thioether (sulfide) groups is 2. The molecule has 2 amide bonds. The highest BCUT2D eigenvalue weighted by atomic mass is 32.2. The number of nitrogens with zero attached hydrogens (tertiary/aromatic N) is 2. The second kappa shape index (κ2) is 8.97. The van der Waals surface area contributed by atoms with Gasteiger partial charge in [-0.05, 0) is 19.6 Å². The Morgan fingerprint density at radius 2 is 2.12 bits per heavy atom. The van der Waals surface area contributed by atoms with E-state index in [9.17, 15) is 9.59 Å². The van der Waals surface area contributed by atoms with Gasteiger partial charge in [0.05, 0.1) is 24.0 Å². The summed E-state index contributed by atoms with van der Waals surface area (Å²) in [6, 6.07) is -0.706. The lowest BCUT2D eigenvalue weighted by Gasteiger charge is -2.28. The molecule has 0 fully saturated rings. The van der Waals surface area contributed by atoms with Gasteiger partial charge in [0, 0.05) is 11.4 Å². The summed E-state index contributed by atoms with van der Waals surface area (Å²) in [5, 5.41) is 13.7. The lowest BCUT2D eigenvalue weighted by molar-refractivity contribution is -0.139. The molecule has 1 unspecified atom stereocenters. The highest BCUT2D eigenvalue weighted by Gasteiger charge is 2.31. The van der Waals surface area contributed by atoms with Gasteiger partial charge in [-0.2, -0.15) is 11.8 Å². The van der Waals surface area contributed by atoms with Crippen molar-refractivity contribution < 1.29 is 18.7 Å². The fraction of sp³-hybridized carbons (Fsp3) is 0.571. The van der Waals surface area contributed by atoms with E-state index < -0.39 is 5.97 Å². The first-order valence-corrected chi connectivity index (χ1v) is 9.88. The van der Waals surface area contributed by atoms with Crippen molar-refractivity contribution in [2.24, 2.45) is 0 Å². The fourth-order valence-corrected chi connectivity index (χ4v) is 3.30. The SMILES string of the molecule is CCOC(=O)C1=C(CSc2nnc(CSC)o2)NC(=O)NC1CC. The van der Waals surface area contributed by atoms with E-state index in [1.54, 1.807) is 18.7 Å². The van der Waals surface area contributed by atoms with Crippen molar-refractivity contribution in [3.05, 3.63) is 17.2 Å². The van der Waals surface area contributed by atoms with Gasteiger partial charge < -0.3 is 19.8 Å². The minimum Gasteiger partial charge on any atom is -0.463 e. The maximum atomic E-state index is 12.3. The molecule has 0 aliphatic carbocycles. The Bertz CT molecular complexity index is 632. The molecule has 10 heteroatoms. The summed E-state index contributed by atoms with van der Waals surface area (Å²) in [7, 11) is 0. The van der Waals surface area contributed by atoms with E-state index in [4.69, 9.17) is 9.15 Å². The van der Waals surface area contributed by atoms with Crippen LogP contribution in [-0.4, -0.2) is 46.9 Å². The van der Waals surface area contributed by atoms with E-state index in [1.165, 1.54) is 11.8 Å². The molecule has 8 nitrogen and oxygen atoms in total. The van der Waals surface area contributed by atoms with E-state index in [0.717, 1.165) is 0 Å². The Morgan fingerprint density at radius 3 is 2.79 bits per heavy atom. The second-order valence-electron chi connectivity index (χ2n) is 4.86. The van der Waals surface area contributed by atoms with Crippen molar-refractivity contribution in [1.29, 1.82) is 0 Å². The van der Waals surface area contributed by atoms with Crippen molar-refractivity contribution in [2.75, 3.05) is 18.6 Å². The van der Waals surface area contributed by atoms with Gasteiger partial charge in [0.2, 0.25) is 5.89 Å². The summed E-state index contributed by atoms with van der Waals surface area (Å²) in [5.41, 5.74) is 0.953. The van der Waals surface area contributed by atoms with Crippen LogP contribution in [0.3, 0.4) is 0 Å². The van der Waals surface area contributed by atoms with Gasteiger partial charge in [-0.1, -0.05) is 18.7 Å². The number of urea groups is 1. The molecule has 1 aromatic rings. The zero-order valence-corrected chi connectivity index (χ0v) is 15.4. The quantitative estimate of drug-likeness (QED) is 0.527. The molecule has 132 valence electrons. The average Bonchev–Trinajstić information content (AvgIpc) is 3.00. The Kier molecular flexibility index (Phi) is 6.98. The highest BCUT2D eigenvalue weighted by molar-refractivity contribution is 7.99. The average molecular weight is 372 g/mol. The molecule has 2 rings (SSSR count). The van der Waals surface area contributed by atoms with Gasteiger partial charge in [0.15, 0.2) is 0 Å². The van der Waals surface area contributed by atoms with Gasteiger partial charge in [-0.3, -0.25) is 0 Å². The third-order valence-corrected chi connectivity index (χ3v) is 4.58. The van der Waals surface area contributed by atoms with Crippen LogP contribution in [-0.2, 0) is 15.3 Å². The third-order valence-electron chi connectivity index (χ3n) is 3.20. The van der Waals surface area contributed by atoms with E-state index in [2.05, 4.69) is 20.8 Å². The molecule has 0 radical (unpaired) electrons. The number of carbonyl (C=O) groups excluding carboxylic acids is 2. The van der Waals surface area contributed by atoms with Crippen molar-refractivity contribution in [3.63, 3.8) is 0 Å². The van der Waals surface area contributed by atoms with Crippen molar-refractivity contribution in [3.8, 4) is 0 Å². The summed E-state index contributed by atoms with van der Waals surface area (Å²) in [4.78, 5) is 24.0. The minimum absolute atomic E-state index is 0.273. The van der Waals surface area contributed by atoms with Crippen LogP contribution in [0.15, 0.2) is 20.9 Å². The first kappa shape index (κ1) is 18.7. The van der Waals surface area contributed by atoms with Crippen LogP contribution in [0.5, 0.6) is 0 Å². The van der Waals surface area contributed by atoms with Crippen LogP contribution < -0.4 is 10.6 Å². The number of nitrogens with one attached hydrogen (secondary N) is 2. The number of amides is 2. The minimum atomic E-state index is -0.430. The first-order chi connectivity index (χ1) is 11.6. The Labute approximate surface area is 148 Å². The summed E-state index contributed by atoms with van der Waals surface area (Å²) < 4.78 is 10.6. The molecule has 0 bridgehead atoms. The van der Waals surface area contributed by atoms with Gasteiger partial charge in [-0.25, -0.2) is 9.59 Å². The number of carbonyl (C=O) groups is 2. The Hall–Kier alpha value is -1.68. The number of rotatable bonds is 8. The predicted octanol–water partition coefficient (Wildman–Crippen LogP) is 1.93. The normalized spacial score (nSPS) is 17.5. The number of ether oxygens (including phenoxy) is 1. The number of hydrogen-bond acceptors (Lipinski definition) is 8. The largest absolute Gasteiger partial charge is 0.463 e. The zero-order valence-electron chi connectivity index (χ0n) is 13.7. The van der Waals surface area contributed by atoms with Crippen molar-refractivity contribution >= 4 is 35.5 Å². The lowest BCUT2D eigenvalue weighted by Crippen LogP contribution is -2.50. The van der Waals surface area contributed by atoms with Crippen molar-refractivity contribution in [1.82, 2.24) is 20.8 Å². The van der Waals surface area contributed by atoms with Crippen molar-refractivity contribution in [2.45, 2.75) is 37.3 Å². The summed E-state index contributed by atoms with van der Waals surface area (Å²) >= 11 is 2.86. The molecule has 1 aromatic heterocycles. The summed E-state index contributed by atoms with van der Waals surface area (Å²) in [6.07, 6.45) is 2.54. The van der Waals surface area contributed by atoms with Crippen LogP contribution in [0.1, 0.15) is 26.2 Å². The molecule has 2 heterocycles. The molecule has 24 heavy (non-hydrogen) atoms. The van der Waals surface area contributed by atoms with Gasteiger partial charge in [0.1, 0.15) is 0 Å². The first-order valence-electron chi connectivity index (χ1n) is 7.50. The van der Waals surface area contributed by atoms with Gasteiger partial charge in [0.25, 0.3) is 5.22 Å². The zero-order chi connectivity index (χ0) is 17.5. The van der Waals surface area contributed by atoms with Crippen LogP contribution in [0.4, 0.5) is 4.79 Å². The molecule has 0 aromatic carbocycles. The molecule has 0 saturated heterocycles. The number of aromatic nitrogens is 2. The topological polar surface area (TPSA) is 106 Å². The lowest BCUT2D eigenvalue weighted by atomic mass is 10.0. The molecule has 1 aliphatic heterocycles. The van der Waals surface area contributed by atoms with E-state index in [-0.39, 0.29) is 18.7 Å². The van der Waals surface area contributed by atoms with Gasteiger partial charge in [-0.15, -0.1) is 10.2 Å². The maximum absolute atomic E-state index is 12.3. The molecule has 1 aliphatic rings. The smallest absolute Gasteiger partial charge is 0.337 e. The molecule has 0 spiro atoms. The Morgan fingerprint density at radius 1 is 1.33 bits per heavy atom. The fourth-order valence-electron chi connectivity index (χ4n) is 2.19. The third kappa shape index (κ3) is 4.67. The van der Waals surface area contributed by atoms with E-state index >= 15 is 0 Å². The van der Waals surface area contributed by atoms with E-state index in [1.807, 2.05) is 13.2 Å². The van der Waals surface area contributed by atoms with Crippen LogP contribution in [0, 0.1) is 0 Å². The molecule has 0 saturated carbocycles. The Balaban J connectivity index is 2.16. The molecule has 1 atom stereocenters. The summed E-state index contributed by atoms with van der Waals surface area (Å²) in [5.74, 6) is 1.09. The van der Waals surface area contributed by atoms with E-state index in [0.29, 0.717) is 40.3 Å². The van der Waals surface area contributed by atoms with Crippen LogP contribution >= 0.6 is 23.5 Å². The molecular weight excluding hydrogens is 352 g/mol. The van der Waals surface area contributed by atoms with Gasteiger partial charge >= 0.3 is 12.0 Å².